The van der Waals surface area contributed by atoms with Gasteiger partial charge in [-0.15, -0.1) is 0 Å². The van der Waals surface area contributed by atoms with Gasteiger partial charge in [-0.05, 0) is 6.92 Å². The van der Waals surface area contributed by atoms with E-state index in [1.165, 1.54) is 12.1 Å². The number of benzene rings is 1. The summed E-state index contributed by atoms with van der Waals surface area (Å²) >= 11 is 0. The fraction of sp³-hybridized carbons (Fsp3) is 0.400. The minimum Gasteiger partial charge on any atom is -0.357 e. The summed E-state index contributed by atoms with van der Waals surface area (Å²) < 4.78 is 5.45. The van der Waals surface area contributed by atoms with E-state index >= 15 is 0 Å². The van der Waals surface area contributed by atoms with E-state index in [1.54, 1.807) is 6.07 Å². The van der Waals surface area contributed by atoms with Crippen LogP contribution in [0.1, 0.15) is 18.7 Å². The van der Waals surface area contributed by atoms with Gasteiger partial charge in [0.05, 0.1) is 11.5 Å². The first kappa shape index (κ1) is 10.1. The molecule has 15 heavy (non-hydrogen) atoms. The van der Waals surface area contributed by atoms with Crippen molar-refractivity contribution in [1.29, 1.82) is 0 Å². The molecule has 2 atom stereocenters. The highest BCUT2D eigenvalue weighted by atomic mass is 16.6. The molecule has 0 bridgehead atoms. The van der Waals surface area contributed by atoms with E-state index in [-0.39, 0.29) is 18.0 Å². The maximum absolute atomic E-state index is 10.6. The quantitative estimate of drug-likeness (QED) is 0.592. The Morgan fingerprint density at radius 3 is 3.00 bits per heavy atom. The van der Waals surface area contributed by atoms with Gasteiger partial charge in [0, 0.05) is 23.7 Å². The Morgan fingerprint density at radius 2 is 2.40 bits per heavy atom. The minimum atomic E-state index is -0.401. The van der Waals surface area contributed by atoms with Gasteiger partial charge in [0.1, 0.15) is 6.23 Å². The Kier molecular flexibility index (Phi) is 2.66. The molecule has 0 amide bonds. The van der Waals surface area contributed by atoms with E-state index in [4.69, 9.17) is 4.74 Å². The molecule has 0 spiro atoms. The van der Waals surface area contributed by atoms with Crippen LogP contribution < -0.4 is 5.32 Å². The number of nitrogens with zero attached hydrogens (tertiary/aromatic N) is 1. The molecule has 80 valence electrons. The summed E-state index contributed by atoms with van der Waals surface area (Å²) in [6, 6.07) is 6.79. The first-order valence-electron chi connectivity index (χ1n) is 4.79. The third-order valence-electron chi connectivity index (χ3n) is 2.33. The first-order chi connectivity index (χ1) is 7.16. The largest absolute Gasteiger partial charge is 0.357 e. The van der Waals surface area contributed by atoms with Gasteiger partial charge in [0.2, 0.25) is 0 Å². The van der Waals surface area contributed by atoms with Gasteiger partial charge in [-0.2, -0.15) is 0 Å². The molecular formula is C10H12N2O3. The van der Waals surface area contributed by atoms with Crippen molar-refractivity contribution in [2.75, 3.05) is 6.61 Å². The number of nitro groups is 1. The molecule has 2 rings (SSSR count). The van der Waals surface area contributed by atoms with Crippen LogP contribution in [-0.2, 0) is 4.74 Å². The van der Waals surface area contributed by atoms with Crippen LogP contribution in [0.3, 0.4) is 0 Å². The number of nitro benzene ring substituents is 1. The van der Waals surface area contributed by atoms with Crippen molar-refractivity contribution in [2.45, 2.75) is 19.2 Å². The highest BCUT2D eigenvalue weighted by molar-refractivity contribution is 5.35. The van der Waals surface area contributed by atoms with Crippen molar-refractivity contribution in [2.24, 2.45) is 0 Å². The van der Waals surface area contributed by atoms with E-state index < -0.39 is 4.92 Å². The summed E-state index contributed by atoms with van der Waals surface area (Å²) in [5.41, 5.74) is 0.894. The Bertz CT molecular complexity index is 381. The van der Waals surface area contributed by atoms with E-state index in [1.807, 2.05) is 13.0 Å². The molecule has 1 fully saturated rings. The Balaban J connectivity index is 2.21. The highest BCUT2D eigenvalue weighted by Crippen LogP contribution is 2.23. The SMILES string of the molecule is C[C@@H]1CO[C@@H](c2cccc([N+](=O)[O-])c2)N1. The van der Waals surface area contributed by atoms with Crippen LogP contribution in [0.15, 0.2) is 24.3 Å². The summed E-state index contributed by atoms with van der Waals surface area (Å²) in [6.07, 6.45) is -0.222. The van der Waals surface area contributed by atoms with E-state index in [0.717, 1.165) is 5.56 Å². The molecule has 1 N–H and O–H groups in total. The third-order valence-corrected chi connectivity index (χ3v) is 2.33. The number of ether oxygens (including phenoxy) is 1. The molecule has 1 aromatic carbocycles. The number of non-ortho nitro benzene ring substituents is 1. The van der Waals surface area contributed by atoms with Crippen LogP contribution in [0.25, 0.3) is 0 Å². The van der Waals surface area contributed by atoms with Crippen LogP contribution >= 0.6 is 0 Å². The molecule has 1 aliphatic rings. The van der Waals surface area contributed by atoms with Crippen molar-refractivity contribution in [3.63, 3.8) is 0 Å². The van der Waals surface area contributed by atoms with Crippen LogP contribution in [0.5, 0.6) is 0 Å². The fourth-order valence-electron chi connectivity index (χ4n) is 1.59. The molecule has 1 saturated heterocycles. The average Bonchev–Trinajstić information content (AvgIpc) is 2.65. The van der Waals surface area contributed by atoms with Crippen molar-refractivity contribution in [3.05, 3.63) is 39.9 Å². The lowest BCUT2D eigenvalue weighted by atomic mass is 10.2. The Labute approximate surface area is 87.2 Å². The van der Waals surface area contributed by atoms with Crippen molar-refractivity contribution in [1.82, 2.24) is 5.32 Å². The van der Waals surface area contributed by atoms with Gasteiger partial charge in [0.15, 0.2) is 0 Å². The lowest BCUT2D eigenvalue weighted by Gasteiger charge is -2.10. The molecule has 5 heteroatoms. The lowest BCUT2D eigenvalue weighted by Crippen LogP contribution is -2.22. The Hall–Kier alpha value is -1.46. The molecule has 0 saturated carbocycles. The lowest BCUT2D eigenvalue weighted by molar-refractivity contribution is -0.385. The molecule has 0 aromatic heterocycles. The smallest absolute Gasteiger partial charge is 0.269 e. The van der Waals surface area contributed by atoms with Crippen LogP contribution in [0.2, 0.25) is 0 Å². The van der Waals surface area contributed by atoms with Crippen molar-refractivity contribution >= 4 is 5.69 Å². The average molecular weight is 208 g/mol. The maximum atomic E-state index is 10.6. The zero-order valence-electron chi connectivity index (χ0n) is 8.34. The zero-order valence-corrected chi connectivity index (χ0v) is 8.34. The van der Waals surface area contributed by atoms with E-state index in [9.17, 15) is 10.1 Å². The van der Waals surface area contributed by atoms with Gasteiger partial charge in [-0.1, -0.05) is 12.1 Å². The molecule has 5 nitrogen and oxygen atoms in total. The van der Waals surface area contributed by atoms with Gasteiger partial charge in [-0.25, -0.2) is 0 Å². The molecular weight excluding hydrogens is 196 g/mol. The monoisotopic (exact) mass is 208 g/mol. The predicted molar refractivity (Wildman–Crippen MR) is 54.4 cm³/mol. The minimum absolute atomic E-state index is 0.0949. The van der Waals surface area contributed by atoms with Crippen LogP contribution in [0, 0.1) is 10.1 Å². The molecule has 0 radical (unpaired) electrons. The normalized spacial score (nSPS) is 25.4. The first-order valence-corrected chi connectivity index (χ1v) is 4.79. The third kappa shape index (κ3) is 2.14. The summed E-state index contributed by atoms with van der Waals surface area (Å²) in [4.78, 5) is 10.2. The number of hydrogen-bond donors (Lipinski definition) is 1. The van der Waals surface area contributed by atoms with Crippen molar-refractivity contribution in [3.8, 4) is 0 Å². The number of rotatable bonds is 2. The molecule has 1 aromatic rings. The van der Waals surface area contributed by atoms with Crippen LogP contribution in [-0.4, -0.2) is 17.6 Å². The highest BCUT2D eigenvalue weighted by Gasteiger charge is 2.23. The van der Waals surface area contributed by atoms with Gasteiger partial charge < -0.3 is 4.74 Å². The standard InChI is InChI=1S/C10H12N2O3/c1-7-6-15-10(11-7)8-3-2-4-9(5-8)12(13)14/h2-5,7,10-11H,6H2,1H3/t7-,10+/m1/s1. The van der Waals surface area contributed by atoms with Gasteiger partial charge in [0.25, 0.3) is 5.69 Å². The topological polar surface area (TPSA) is 64.4 Å². The maximum Gasteiger partial charge on any atom is 0.269 e. The summed E-state index contributed by atoms with van der Waals surface area (Å²) in [5.74, 6) is 0. The predicted octanol–water partition coefficient (Wildman–Crippen LogP) is 1.60. The Morgan fingerprint density at radius 1 is 1.60 bits per heavy atom. The van der Waals surface area contributed by atoms with E-state index in [0.29, 0.717) is 6.61 Å². The number of nitrogens with one attached hydrogen (secondary N) is 1. The van der Waals surface area contributed by atoms with Gasteiger partial charge >= 0.3 is 0 Å². The summed E-state index contributed by atoms with van der Waals surface area (Å²) in [6.45, 7) is 2.64. The molecule has 1 aliphatic heterocycles. The summed E-state index contributed by atoms with van der Waals surface area (Å²) in [5, 5.41) is 13.8. The zero-order chi connectivity index (χ0) is 10.8. The van der Waals surface area contributed by atoms with E-state index in [2.05, 4.69) is 5.32 Å². The second-order valence-corrected chi connectivity index (χ2v) is 3.63. The number of hydrogen-bond acceptors (Lipinski definition) is 4. The molecule has 1 heterocycles. The van der Waals surface area contributed by atoms with Crippen molar-refractivity contribution < 1.29 is 9.66 Å². The fourth-order valence-corrected chi connectivity index (χ4v) is 1.59. The molecule has 0 unspecified atom stereocenters. The second-order valence-electron chi connectivity index (χ2n) is 3.63. The summed E-state index contributed by atoms with van der Waals surface area (Å²) in [7, 11) is 0. The van der Waals surface area contributed by atoms with Crippen LogP contribution in [0.4, 0.5) is 5.69 Å². The molecule has 0 aliphatic carbocycles. The second kappa shape index (κ2) is 3.96. The van der Waals surface area contributed by atoms with Gasteiger partial charge in [-0.3, -0.25) is 15.4 Å².